The van der Waals surface area contributed by atoms with E-state index in [4.69, 9.17) is 9.84 Å². The van der Waals surface area contributed by atoms with Gasteiger partial charge in [-0.05, 0) is 31.9 Å². The van der Waals surface area contributed by atoms with E-state index in [2.05, 4.69) is 16.8 Å². The van der Waals surface area contributed by atoms with Gasteiger partial charge in [-0.25, -0.2) is 4.39 Å². The molecular formula is C18H27FN2O2. The van der Waals surface area contributed by atoms with Crippen LogP contribution in [0.2, 0.25) is 0 Å². The predicted molar refractivity (Wildman–Crippen MR) is 87.9 cm³/mol. The molecule has 2 heterocycles. The summed E-state index contributed by atoms with van der Waals surface area (Å²) < 4.78 is 20.5. The van der Waals surface area contributed by atoms with Crippen molar-refractivity contribution in [1.82, 2.24) is 9.80 Å². The Kier molecular flexibility index (Phi) is 5.31. The Bertz CT molecular complexity index is 530. The SMILES string of the molecule is CN1CCOC2(CCN(Cc3cccc(CCO)c3F)CC2)C1. The number of aliphatic hydroxyl groups excluding tert-OH is 1. The third-order valence-corrected chi connectivity index (χ3v) is 5.14. The van der Waals surface area contributed by atoms with Crippen LogP contribution in [-0.4, -0.2) is 66.9 Å². The maximum atomic E-state index is 14.4. The summed E-state index contributed by atoms with van der Waals surface area (Å²) in [7, 11) is 2.15. The van der Waals surface area contributed by atoms with Gasteiger partial charge in [-0.1, -0.05) is 18.2 Å². The third-order valence-electron chi connectivity index (χ3n) is 5.14. The summed E-state index contributed by atoms with van der Waals surface area (Å²) in [6, 6.07) is 5.49. The molecule has 23 heavy (non-hydrogen) atoms. The maximum Gasteiger partial charge on any atom is 0.130 e. The number of rotatable bonds is 4. The maximum absolute atomic E-state index is 14.4. The molecule has 2 fully saturated rings. The van der Waals surface area contributed by atoms with Crippen molar-refractivity contribution < 1.29 is 14.2 Å². The Morgan fingerprint density at radius 2 is 1.96 bits per heavy atom. The minimum Gasteiger partial charge on any atom is -0.396 e. The van der Waals surface area contributed by atoms with Crippen LogP contribution >= 0.6 is 0 Å². The summed E-state index contributed by atoms with van der Waals surface area (Å²) in [6.45, 7) is 5.33. The molecule has 1 aromatic rings. The number of likely N-dealkylation sites (N-methyl/N-ethyl adjacent to an activating group) is 1. The van der Waals surface area contributed by atoms with Crippen molar-refractivity contribution in [3.63, 3.8) is 0 Å². The van der Waals surface area contributed by atoms with Crippen LogP contribution in [0.25, 0.3) is 0 Å². The number of halogens is 1. The van der Waals surface area contributed by atoms with E-state index < -0.39 is 0 Å². The molecule has 0 aliphatic carbocycles. The van der Waals surface area contributed by atoms with Crippen molar-refractivity contribution in [3.05, 3.63) is 35.1 Å². The van der Waals surface area contributed by atoms with Gasteiger partial charge in [0.25, 0.3) is 0 Å². The minimum atomic E-state index is -0.157. The molecule has 3 rings (SSSR count). The lowest BCUT2D eigenvalue weighted by Crippen LogP contribution is -2.55. The number of likely N-dealkylation sites (tertiary alicyclic amines) is 1. The van der Waals surface area contributed by atoms with Crippen molar-refractivity contribution in [2.75, 3.05) is 46.4 Å². The molecule has 2 aliphatic rings. The van der Waals surface area contributed by atoms with E-state index in [0.717, 1.165) is 51.2 Å². The lowest BCUT2D eigenvalue weighted by atomic mass is 9.89. The third kappa shape index (κ3) is 3.91. The fraction of sp³-hybridized carbons (Fsp3) is 0.667. The molecule has 0 radical (unpaired) electrons. The van der Waals surface area contributed by atoms with E-state index in [1.807, 2.05) is 12.1 Å². The van der Waals surface area contributed by atoms with Crippen LogP contribution in [0.4, 0.5) is 4.39 Å². The number of nitrogens with zero attached hydrogens (tertiary/aromatic N) is 2. The highest BCUT2D eigenvalue weighted by Gasteiger charge is 2.38. The number of aliphatic hydroxyl groups is 1. The topological polar surface area (TPSA) is 35.9 Å². The second kappa shape index (κ2) is 7.26. The van der Waals surface area contributed by atoms with E-state index in [0.29, 0.717) is 18.5 Å². The minimum absolute atomic E-state index is 0.000775. The van der Waals surface area contributed by atoms with E-state index in [-0.39, 0.29) is 18.0 Å². The zero-order valence-electron chi connectivity index (χ0n) is 13.9. The van der Waals surface area contributed by atoms with Crippen LogP contribution in [0.5, 0.6) is 0 Å². The van der Waals surface area contributed by atoms with Gasteiger partial charge < -0.3 is 14.7 Å². The Morgan fingerprint density at radius 1 is 1.22 bits per heavy atom. The lowest BCUT2D eigenvalue weighted by molar-refractivity contribution is -0.131. The van der Waals surface area contributed by atoms with Crippen LogP contribution in [-0.2, 0) is 17.7 Å². The monoisotopic (exact) mass is 322 g/mol. The van der Waals surface area contributed by atoms with Gasteiger partial charge in [-0.3, -0.25) is 4.90 Å². The smallest absolute Gasteiger partial charge is 0.130 e. The van der Waals surface area contributed by atoms with Crippen molar-refractivity contribution in [3.8, 4) is 0 Å². The number of benzene rings is 1. The second-order valence-electron chi connectivity index (χ2n) is 6.91. The Labute approximate surface area is 137 Å². The van der Waals surface area contributed by atoms with Gasteiger partial charge in [-0.2, -0.15) is 0 Å². The van der Waals surface area contributed by atoms with Crippen molar-refractivity contribution in [1.29, 1.82) is 0 Å². The highest BCUT2D eigenvalue weighted by Crippen LogP contribution is 2.30. The number of ether oxygens (including phenoxy) is 1. The largest absolute Gasteiger partial charge is 0.396 e. The highest BCUT2D eigenvalue weighted by molar-refractivity contribution is 5.26. The van der Waals surface area contributed by atoms with E-state index in [1.54, 1.807) is 6.07 Å². The average molecular weight is 322 g/mol. The van der Waals surface area contributed by atoms with Gasteiger partial charge in [0.2, 0.25) is 0 Å². The zero-order valence-corrected chi connectivity index (χ0v) is 13.9. The molecule has 1 aromatic carbocycles. The van der Waals surface area contributed by atoms with Crippen molar-refractivity contribution in [2.24, 2.45) is 0 Å². The number of morpholine rings is 1. The van der Waals surface area contributed by atoms with Crippen LogP contribution < -0.4 is 0 Å². The Hall–Kier alpha value is -1.01. The molecule has 2 saturated heterocycles. The summed E-state index contributed by atoms with van der Waals surface area (Å²) in [4.78, 5) is 4.65. The molecule has 0 bridgehead atoms. The molecule has 0 atom stereocenters. The quantitative estimate of drug-likeness (QED) is 0.914. The number of hydrogen-bond donors (Lipinski definition) is 1. The molecule has 0 aromatic heterocycles. The fourth-order valence-corrected chi connectivity index (χ4v) is 3.77. The average Bonchev–Trinajstić information content (AvgIpc) is 2.54. The summed E-state index contributed by atoms with van der Waals surface area (Å²) in [5.74, 6) is -0.157. The molecule has 1 N–H and O–H groups in total. The molecule has 4 nitrogen and oxygen atoms in total. The Morgan fingerprint density at radius 3 is 2.65 bits per heavy atom. The normalized spacial score (nSPS) is 22.6. The van der Waals surface area contributed by atoms with Crippen molar-refractivity contribution in [2.45, 2.75) is 31.4 Å². The van der Waals surface area contributed by atoms with Crippen LogP contribution in [0.15, 0.2) is 18.2 Å². The standard InChI is InChI=1S/C18H27FN2O2/c1-20-10-12-23-18(14-20)6-8-21(9-7-18)13-16-4-2-3-15(5-11-22)17(16)19/h2-4,22H,5-14H2,1H3. The number of hydrogen-bond acceptors (Lipinski definition) is 4. The molecule has 0 amide bonds. The first-order chi connectivity index (χ1) is 11.1. The highest BCUT2D eigenvalue weighted by atomic mass is 19.1. The molecule has 128 valence electrons. The molecular weight excluding hydrogens is 295 g/mol. The number of piperidine rings is 1. The van der Waals surface area contributed by atoms with Crippen LogP contribution in [0.3, 0.4) is 0 Å². The summed E-state index contributed by atoms with van der Waals surface area (Å²) in [5.41, 5.74) is 1.34. The first-order valence-electron chi connectivity index (χ1n) is 8.54. The Balaban J connectivity index is 1.60. The van der Waals surface area contributed by atoms with Crippen molar-refractivity contribution >= 4 is 0 Å². The first kappa shape index (κ1) is 16.8. The van der Waals surface area contributed by atoms with Gasteiger partial charge in [0, 0.05) is 44.9 Å². The molecule has 5 heteroatoms. The van der Waals surface area contributed by atoms with E-state index >= 15 is 0 Å². The summed E-state index contributed by atoms with van der Waals surface area (Å²) >= 11 is 0. The molecule has 0 saturated carbocycles. The van der Waals surface area contributed by atoms with Gasteiger partial charge >= 0.3 is 0 Å². The molecule has 1 spiro atoms. The summed E-state index contributed by atoms with van der Waals surface area (Å²) in [6.07, 6.45) is 2.40. The van der Waals surface area contributed by atoms with Crippen LogP contribution in [0, 0.1) is 5.82 Å². The first-order valence-corrected chi connectivity index (χ1v) is 8.54. The lowest BCUT2D eigenvalue weighted by Gasteiger charge is -2.46. The van der Waals surface area contributed by atoms with E-state index in [1.165, 1.54) is 0 Å². The van der Waals surface area contributed by atoms with Gasteiger partial charge in [0.1, 0.15) is 5.82 Å². The van der Waals surface area contributed by atoms with Gasteiger partial charge in [-0.15, -0.1) is 0 Å². The fourth-order valence-electron chi connectivity index (χ4n) is 3.77. The molecule has 0 unspecified atom stereocenters. The van der Waals surface area contributed by atoms with E-state index in [9.17, 15) is 4.39 Å². The zero-order chi connectivity index (χ0) is 16.3. The van der Waals surface area contributed by atoms with Gasteiger partial charge in [0.05, 0.1) is 12.2 Å². The predicted octanol–water partition coefficient (Wildman–Crippen LogP) is 1.66. The second-order valence-corrected chi connectivity index (χ2v) is 6.91. The summed E-state index contributed by atoms with van der Waals surface area (Å²) in [5, 5.41) is 9.02. The molecule has 2 aliphatic heterocycles. The van der Waals surface area contributed by atoms with Gasteiger partial charge in [0.15, 0.2) is 0 Å². The van der Waals surface area contributed by atoms with Crippen LogP contribution in [0.1, 0.15) is 24.0 Å².